The number of aromatic nitrogens is 2. The second-order valence-corrected chi connectivity index (χ2v) is 6.15. The van der Waals surface area contributed by atoms with E-state index >= 15 is 0 Å². The van der Waals surface area contributed by atoms with E-state index in [1.54, 1.807) is 18.4 Å². The van der Waals surface area contributed by atoms with E-state index < -0.39 is 0 Å². The van der Waals surface area contributed by atoms with Crippen LogP contribution in [0.25, 0.3) is 0 Å². The Morgan fingerprint density at radius 3 is 2.95 bits per heavy atom. The zero-order valence-corrected chi connectivity index (χ0v) is 12.9. The maximum atomic E-state index is 12.7. The van der Waals surface area contributed by atoms with Gasteiger partial charge in [-0.1, -0.05) is 6.92 Å². The summed E-state index contributed by atoms with van der Waals surface area (Å²) in [4.78, 5) is 27.4. The highest BCUT2D eigenvalue weighted by Crippen LogP contribution is 2.35. The molecule has 6 heteroatoms. The average Bonchev–Trinajstić information content (AvgIpc) is 2.96. The van der Waals surface area contributed by atoms with Crippen LogP contribution in [0.1, 0.15) is 40.3 Å². The van der Waals surface area contributed by atoms with Crippen molar-refractivity contribution in [2.24, 2.45) is 7.05 Å². The molecule has 3 heterocycles. The number of carbonyl (C=O) groups excluding carboxylic acids is 1. The van der Waals surface area contributed by atoms with Gasteiger partial charge < -0.3 is 4.90 Å². The molecule has 110 valence electrons. The molecule has 1 aliphatic heterocycles. The van der Waals surface area contributed by atoms with Crippen LogP contribution in [0.2, 0.25) is 0 Å². The van der Waals surface area contributed by atoms with Crippen molar-refractivity contribution in [1.82, 2.24) is 14.7 Å². The third-order valence-corrected chi connectivity index (χ3v) is 4.92. The first-order chi connectivity index (χ1) is 10.1. The van der Waals surface area contributed by atoms with E-state index in [9.17, 15) is 9.59 Å². The molecule has 0 aliphatic carbocycles. The molecule has 0 aromatic carbocycles. The minimum Gasteiger partial charge on any atom is -0.330 e. The third-order valence-electron chi connectivity index (χ3n) is 3.92. The number of hydrogen-bond donors (Lipinski definition) is 0. The van der Waals surface area contributed by atoms with Crippen LogP contribution in [-0.4, -0.2) is 27.1 Å². The lowest BCUT2D eigenvalue weighted by atomic mass is 9.97. The maximum Gasteiger partial charge on any atom is 0.274 e. The summed E-state index contributed by atoms with van der Waals surface area (Å²) in [6.07, 6.45) is 1.77. The summed E-state index contributed by atoms with van der Waals surface area (Å²) in [6.45, 7) is 2.79. The monoisotopic (exact) mass is 303 g/mol. The van der Waals surface area contributed by atoms with Gasteiger partial charge in [0, 0.05) is 24.5 Å². The Bertz CT molecular complexity index is 735. The molecule has 0 radical (unpaired) electrons. The molecule has 0 N–H and O–H groups in total. The molecule has 5 nitrogen and oxygen atoms in total. The highest BCUT2D eigenvalue weighted by molar-refractivity contribution is 7.10. The number of amides is 1. The van der Waals surface area contributed by atoms with Crippen LogP contribution >= 0.6 is 11.3 Å². The normalized spacial score (nSPS) is 17.6. The molecular weight excluding hydrogens is 286 g/mol. The van der Waals surface area contributed by atoms with Crippen LogP contribution < -0.4 is 5.56 Å². The lowest BCUT2D eigenvalue weighted by molar-refractivity contribution is 0.0648. The van der Waals surface area contributed by atoms with Gasteiger partial charge in [-0.2, -0.15) is 5.10 Å². The molecule has 0 spiro atoms. The van der Waals surface area contributed by atoms with E-state index in [0.29, 0.717) is 12.2 Å². The van der Waals surface area contributed by atoms with Crippen LogP contribution in [0.3, 0.4) is 0 Å². The minimum absolute atomic E-state index is 0.102. The molecule has 1 amide bonds. The molecule has 21 heavy (non-hydrogen) atoms. The molecule has 0 saturated heterocycles. The van der Waals surface area contributed by atoms with Gasteiger partial charge in [0.2, 0.25) is 0 Å². The van der Waals surface area contributed by atoms with Gasteiger partial charge >= 0.3 is 0 Å². The summed E-state index contributed by atoms with van der Waals surface area (Å²) < 4.78 is 1.20. The van der Waals surface area contributed by atoms with Crippen LogP contribution in [-0.2, 0) is 13.5 Å². The Morgan fingerprint density at radius 2 is 2.24 bits per heavy atom. The Morgan fingerprint density at radius 1 is 1.43 bits per heavy atom. The lowest BCUT2D eigenvalue weighted by Crippen LogP contribution is -2.40. The molecule has 1 aliphatic rings. The topological polar surface area (TPSA) is 55.2 Å². The van der Waals surface area contributed by atoms with Crippen molar-refractivity contribution in [2.45, 2.75) is 25.8 Å². The number of hydrogen-bond acceptors (Lipinski definition) is 4. The second kappa shape index (κ2) is 5.44. The quantitative estimate of drug-likeness (QED) is 0.852. The lowest BCUT2D eigenvalue weighted by Gasteiger charge is -2.35. The number of fused-ring (bicyclic) bond motifs is 1. The first-order valence-corrected chi connectivity index (χ1v) is 7.91. The summed E-state index contributed by atoms with van der Waals surface area (Å²) >= 11 is 1.76. The van der Waals surface area contributed by atoms with Gasteiger partial charge in [-0.25, -0.2) is 4.68 Å². The third kappa shape index (κ3) is 2.40. The summed E-state index contributed by atoms with van der Waals surface area (Å²) in [5.74, 6) is -0.102. The van der Waals surface area contributed by atoms with Crippen molar-refractivity contribution < 1.29 is 4.79 Å². The van der Waals surface area contributed by atoms with Crippen LogP contribution in [0.4, 0.5) is 0 Å². The number of carbonyl (C=O) groups is 1. The molecule has 0 fully saturated rings. The summed E-state index contributed by atoms with van der Waals surface area (Å²) in [5, 5.41) is 6.16. The number of aryl methyl sites for hydroxylation is 1. The molecule has 0 saturated carbocycles. The van der Waals surface area contributed by atoms with Crippen molar-refractivity contribution in [2.75, 3.05) is 6.54 Å². The molecule has 2 aromatic rings. The standard InChI is InChI=1S/C15H17N3O2S/c1-3-12-10-7-9-21-13(10)6-8-18(12)15(20)11-4-5-14(19)17(2)16-11/h4-5,7,9,12H,3,6,8H2,1-2H3/t12-/m1/s1. The average molecular weight is 303 g/mol. The number of thiophene rings is 1. The second-order valence-electron chi connectivity index (χ2n) is 5.15. The molecule has 3 rings (SSSR count). The van der Waals surface area contributed by atoms with Crippen LogP contribution in [0, 0.1) is 0 Å². The molecule has 0 bridgehead atoms. The zero-order valence-electron chi connectivity index (χ0n) is 12.1. The van der Waals surface area contributed by atoms with E-state index in [0.717, 1.165) is 12.8 Å². The summed E-state index contributed by atoms with van der Waals surface area (Å²) in [7, 11) is 1.56. The van der Waals surface area contributed by atoms with Gasteiger partial charge in [0.15, 0.2) is 0 Å². The first-order valence-electron chi connectivity index (χ1n) is 7.03. The van der Waals surface area contributed by atoms with Gasteiger partial charge in [0.1, 0.15) is 5.69 Å². The Labute approximate surface area is 126 Å². The van der Waals surface area contributed by atoms with Gasteiger partial charge in [0.05, 0.1) is 6.04 Å². The van der Waals surface area contributed by atoms with Crippen molar-refractivity contribution >= 4 is 17.2 Å². The molecule has 0 unspecified atom stereocenters. The molecule has 1 atom stereocenters. The predicted octanol–water partition coefficient (Wildman–Crippen LogP) is 1.99. The van der Waals surface area contributed by atoms with Crippen LogP contribution in [0.15, 0.2) is 28.4 Å². The fraction of sp³-hybridized carbons (Fsp3) is 0.400. The largest absolute Gasteiger partial charge is 0.330 e. The van der Waals surface area contributed by atoms with Gasteiger partial charge in [-0.15, -0.1) is 11.3 Å². The van der Waals surface area contributed by atoms with Crippen molar-refractivity contribution in [3.63, 3.8) is 0 Å². The highest BCUT2D eigenvalue weighted by Gasteiger charge is 2.31. The summed E-state index contributed by atoms with van der Waals surface area (Å²) in [6, 6.07) is 5.12. The van der Waals surface area contributed by atoms with Crippen molar-refractivity contribution in [1.29, 1.82) is 0 Å². The zero-order chi connectivity index (χ0) is 15.0. The van der Waals surface area contributed by atoms with Gasteiger partial charge in [0.25, 0.3) is 11.5 Å². The fourth-order valence-electron chi connectivity index (χ4n) is 2.84. The molecular formula is C15H17N3O2S. The van der Waals surface area contributed by atoms with E-state index in [2.05, 4.69) is 23.5 Å². The predicted molar refractivity (Wildman–Crippen MR) is 81.6 cm³/mol. The fourth-order valence-corrected chi connectivity index (χ4v) is 3.77. The van der Waals surface area contributed by atoms with Crippen LogP contribution in [0.5, 0.6) is 0 Å². The van der Waals surface area contributed by atoms with Crippen molar-refractivity contribution in [3.8, 4) is 0 Å². The van der Waals surface area contributed by atoms with E-state index in [1.807, 2.05) is 4.90 Å². The maximum absolute atomic E-state index is 12.7. The Kier molecular flexibility index (Phi) is 3.63. The minimum atomic E-state index is -0.211. The summed E-state index contributed by atoms with van der Waals surface area (Å²) in [5.41, 5.74) is 1.37. The number of rotatable bonds is 2. The smallest absolute Gasteiger partial charge is 0.274 e. The first kappa shape index (κ1) is 14.0. The molecule has 2 aromatic heterocycles. The van der Waals surface area contributed by atoms with E-state index in [1.165, 1.54) is 27.3 Å². The van der Waals surface area contributed by atoms with Gasteiger partial charge in [-0.05, 0) is 35.9 Å². The van der Waals surface area contributed by atoms with Gasteiger partial charge in [-0.3, -0.25) is 9.59 Å². The van der Waals surface area contributed by atoms with E-state index in [4.69, 9.17) is 0 Å². The Hall–Kier alpha value is -1.95. The van der Waals surface area contributed by atoms with E-state index in [-0.39, 0.29) is 17.5 Å². The SMILES string of the molecule is CC[C@@H]1c2ccsc2CCN1C(=O)c1ccc(=O)n(C)n1. The highest BCUT2D eigenvalue weighted by atomic mass is 32.1. The number of nitrogens with zero attached hydrogens (tertiary/aromatic N) is 3. The van der Waals surface area contributed by atoms with Crippen molar-refractivity contribution in [3.05, 3.63) is 50.1 Å². The Balaban J connectivity index is 1.94.